The number of nitrogens with one attached hydrogen (secondary N) is 1. The van der Waals surface area contributed by atoms with Crippen LogP contribution in [0.3, 0.4) is 0 Å². The molecule has 0 aliphatic carbocycles. The van der Waals surface area contributed by atoms with E-state index in [0.29, 0.717) is 13.0 Å². The van der Waals surface area contributed by atoms with Crippen molar-refractivity contribution in [3.05, 3.63) is 17.7 Å². The predicted molar refractivity (Wildman–Crippen MR) is 77.5 cm³/mol. The van der Waals surface area contributed by atoms with Crippen LogP contribution in [0, 0.1) is 11.3 Å². The lowest BCUT2D eigenvalue weighted by Crippen LogP contribution is -2.49. The van der Waals surface area contributed by atoms with Gasteiger partial charge in [-0.3, -0.25) is 4.79 Å². The summed E-state index contributed by atoms with van der Waals surface area (Å²) in [5.41, 5.74) is 1.60. The Morgan fingerprint density at radius 2 is 2.19 bits per heavy atom. The van der Waals surface area contributed by atoms with E-state index in [1.54, 1.807) is 6.33 Å². The zero-order valence-corrected chi connectivity index (χ0v) is 13.0. The minimum atomic E-state index is -0.972. The molecule has 2 atom stereocenters. The van der Waals surface area contributed by atoms with Crippen LogP contribution in [-0.4, -0.2) is 37.9 Å². The van der Waals surface area contributed by atoms with Gasteiger partial charge in [-0.15, -0.1) is 0 Å². The van der Waals surface area contributed by atoms with Gasteiger partial charge in [-0.05, 0) is 11.3 Å². The van der Waals surface area contributed by atoms with E-state index in [0.717, 1.165) is 11.4 Å². The zero-order valence-electron chi connectivity index (χ0n) is 13.0. The van der Waals surface area contributed by atoms with Crippen LogP contribution in [-0.2, 0) is 22.6 Å². The molecular weight excluding hydrogens is 270 g/mol. The van der Waals surface area contributed by atoms with E-state index in [2.05, 4.69) is 30.7 Å². The molecule has 0 radical (unpaired) electrons. The second-order valence-electron chi connectivity index (χ2n) is 6.88. The molecule has 2 unspecified atom stereocenters. The highest BCUT2D eigenvalue weighted by Gasteiger charge is 2.37. The summed E-state index contributed by atoms with van der Waals surface area (Å²) < 4.78 is 0. The number of carbonyl (C=O) groups is 2. The number of aliphatic carboxylic acids is 1. The average molecular weight is 293 g/mol. The summed E-state index contributed by atoms with van der Waals surface area (Å²) in [6.07, 6.45) is 2.18. The zero-order chi connectivity index (χ0) is 15.8. The number of hydrogen-bond acceptors (Lipinski definition) is 3. The molecule has 0 bridgehead atoms. The van der Waals surface area contributed by atoms with E-state index >= 15 is 0 Å². The fraction of sp³-hybridized carbons (Fsp3) is 0.667. The minimum Gasteiger partial charge on any atom is -0.480 e. The first-order valence-corrected chi connectivity index (χ1v) is 7.23. The molecule has 0 saturated carbocycles. The maximum Gasteiger partial charge on any atom is 0.326 e. The molecule has 0 aromatic carbocycles. The van der Waals surface area contributed by atoms with Gasteiger partial charge >= 0.3 is 5.97 Å². The van der Waals surface area contributed by atoms with E-state index in [1.807, 2.05) is 6.92 Å². The van der Waals surface area contributed by atoms with Crippen LogP contribution < -0.4 is 0 Å². The molecule has 6 nitrogen and oxygen atoms in total. The first-order chi connectivity index (χ1) is 9.70. The topological polar surface area (TPSA) is 86.3 Å². The number of aromatic amines is 1. The molecule has 2 rings (SSSR count). The molecule has 116 valence electrons. The molecule has 2 N–H and O–H groups in total. The largest absolute Gasteiger partial charge is 0.480 e. The summed E-state index contributed by atoms with van der Waals surface area (Å²) in [6, 6.07) is -0.819. The average Bonchev–Trinajstić information content (AvgIpc) is 2.82. The summed E-state index contributed by atoms with van der Waals surface area (Å²) >= 11 is 0. The van der Waals surface area contributed by atoms with Crippen LogP contribution in [0.1, 0.15) is 45.5 Å². The molecule has 6 heteroatoms. The number of aromatic nitrogens is 2. The number of carbonyl (C=O) groups excluding carboxylic acids is 1. The Hall–Kier alpha value is -1.85. The standard InChI is InChI=1S/C15H23N3O3/c1-9(15(2,3)4)5-13(19)18-7-11-10(16-8-17-11)6-12(18)14(20)21/h8-9,12H,5-7H2,1-4H3,(H,16,17)(H,20,21). The number of amides is 1. The third kappa shape index (κ3) is 3.25. The van der Waals surface area contributed by atoms with Crippen molar-refractivity contribution in [3.8, 4) is 0 Å². The summed E-state index contributed by atoms with van der Waals surface area (Å²) in [4.78, 5) is 32.6. The predicted octanol–water partition coefficient (Wildman–Crippen LogP) is 1.82. The van der Waals surface area contributed by atoms with E-state index in [1.165, 1.54) is 4.90 Å². The molecule has 1 amide bonds. The number of carboxylic acids is 1. The smallest absolute Gasteiger partial charge is 0.326 e. The molecule has 1 aromatic rings. The molecule has 1 aromatic heterocycles. The van der Waals surface area contributed by atoms with Gasteiger partial charge in [-0.1, -0.05) is 27.7 Å². The van der Waals surface area contributed by atoms with Crippen molar-refractivity contribution in [1.29, 1.82) is 0 Å². The number of nitrogens with zero attached hydrogens (tertiary/aromatic N) is 2. The number of hydrogen-bond donors (Lipinski definition) is 2. The quantitative estimate of drug-likeness (QED) is 0.890. The normalized spacial score (nSPS) is 20.0. The fourth-order valence-corrected chi connectivity index (χ4v) is 2.40. The molecule has 0 fully saturated rings. The Balaban J connectivity index is 2.17. The van der Waals surface area contributed by atoms with E-state index in [4.69, 9.17) is 0 Å². The Morgan fingerprint density at radius 3 is 2.76 bits per heavy atom. The van der Waals surface area contributed by atoms with E-state index < -0.39 is 12.0 Å². The van der Waals surface area contributed by atoms with Crippen molar-refractivity contribution in [2.24, 2.45) is 11.3 Å². The van der Waals surface area contributed by atoms with Crippen LogP contribution in [0.25, 0.3) is 0 Å². The van der Waals surface area contributed by atoms with Gasteiger partial charge in [0, 0.05) is 12.8 Å². The second kappa shape index (κ2) is 5.50. The fourth-order valence-electron chi connectivity index (χ4n) is 2.40. The summed E-state index contributed by atoms with van der Waals surface area (Å²) in [5.74, 6) is -0.895. The lowest BCUT2D eigenvalue weighted by atomic mass is 9.80. The summed E-state index contributed by atoms with van der Waals surface area (Å²) in [6.45, 7) is 8.58. The van der Waals surface area contributed by atoms with Crippen molar-refractivity contribution in [2.75, 3.05) is 0 Å². The molecule has 0 saturated heterocycles. The van der Waals surface area contributed by atoms with Gasteiger partial charge in [0.2, 0.25) is 5.91 Å². The van der Waals surface area contributed by atoms with Gasteiger partial charge in [0.1, 0.15) is 6.04 Å². The molecule has 2 heterocycles. The summed E-state index contributed by atoms with van der Waals surface area (Å²) in [5, 5.41) is 9.38. The van der Waals surface area contributed by atoms with Crippen molar-refractivity contribution in [1.82, 2.24) is 14.9 Å². The molecule has 1 aliphatic rings. The number of imidazole rings is 1. The third-order valence-corrected chi connectivity index (χ3v) is 4.46. The van der Waals surface area contributed by atoms with Crippen molar-refractivity contribution < 1.29 is 14.7 Å². The van der Waals surface area contributed by atoms with Crippen LogP contribution in [0.2, 0.25) is 0 Å². The van der Waals surface area contributed by atoms with Crippen LogP contribution >= 0.6 is 0 Å². The first-order valence-electron chi connectivity index (χ1n) is 7.23. The molecule has 1 aliphatic heterocycles. The van der Waals surface area contributed by atoms with Gasteiger partial charge < -0.3 is 15.0 Å². The van der Waals surface area contributed by atoms with Crippen molar-refractivity contribution in [3.63, 3.8) is 0 Å². The lowest BCUT2D eigenvalue weighted by Gasteiger charge is -2.35. The Bertz CT molecular complexity index is 545. The van der Waals surface area contributed by atoms with E-state index in [-0.39, 0.29) is 23.7 Å². The number of carboxylic acid groups (broad SMARTS) is 1. The van der Waals surface area contributed by atoms with Crippen LogP contribution in [0.15, 0.2) is 6.33 Å². The molecule has 21 heavy (non-hydrogen) atoms. The Morgan fingerprint density at radius 1 is 1.52 bits per heavy atom. The van der Waals surface area contributed by atoms with E-state index in [9.17, 15) is 14.7 Å². The monoisotopic (exact) mass is 293 g/mol. The van der Waals surface area contributed by atoms with Gasteiger partial charge in [-0.25, -0.2) is 9.78 Å². The maximum atomic E-state index is 12.5. The van der Waals surface area contributed by atoms with Crippen LogP contribution in [0.4, 0.5) is 0 Å². The maximum absolute atomic E-state index is 12.5. The highest BCUT2D eigenvalue weighted by Crippen LogP contribution is 2.30. The summed E-state index contributed by atoms with van der Waals surface area (Å²) in [7, 11) is 0. The lowest BCUT2D eigenvalue weighted by molar-refractivity contribution is -0.152. The highest BCUT2D eigenvalue weighted by molar-refractivity contribution is 5.84. The van der Waals surface area contributed by atoms with Gasteiger partial charge in [0.15, 0.2) is 0 Å². The van der Waals surface area contributed by atoms with Gasteiger partial charge in [0.05, 0.1) is 24.3 Å². The number of H-pyrrole nitrogens is 1. The number of fused-ring (bicyclic) bond motifs is 1. The number of rotatable bonds is 3. The van der Waals surface area contributed by atoms with Crippen molar-refractivity contribution in [2.45, 2.75) is 53.1 Å². The second-order valence-corrected chi connectivity index (χ2v) is 6.88. The SMILES string of the molecule is CC(CC(=O)N1Cc2[nH]cnc2CC1C(=O)O)C(C)(C)C. The van der Waals surface area contributed by atoms with Crippen LogP contribution in [0.5, 0.6) is 0 Å². The Kier molecular flexibility index (Phi) is 4.07. The molecular formula is C15H23N3O3. The van der Waals surface area contributed by atoms with Gasteiger partial charge in [0.25, 0.3) is 0 Å². The highest BCUT2D eigenvalue weighted by atomic mass is 16.4. The molecule has 0 spiro atoms. The third-order valence-electron chi connectivity index (χ3n) is 4.46. The minimum absolute atomic E-state index is 0.0172. The van der Waals surface area contributed by atoms with Crippen molar-refractivity contribution >= 4 is 11.9 Å². The Labute approximate surface area is 124 Å². The first kappa shape index (κ1) is 15.5. The van der Waals surface area contributed by atoms with Gasteiger partial charge in [-0.2, -0.15) is 0 Å².